The van der Waals surface area contributed by atoms with Crippen LogP contribution in [-0.2, 0) is 0 Å². The smallest absolute Gasteiger partial charge is 0.261 e. The molecule has 4 aromatic carbocycles. The SMILES string of the molecule is COc1cc(OC)cc(C(=O)N(CCN2C(=O)c3cccc4c(N5CCCCC5)ccc(c34)C2=O)c2cccc(F)c2)c1. The number of ether oxygens (including phenoxy) is 2. The summed E-state index contributed by atoms with van der Waals surface area (Å²) in [5.41, 5.74) is 2.47. The fraction of sp³-hybridized carbons (Fsp3) is 0.265. The lowest BCUT2D eigenvalue weighted by Crippen LogP contribution is -2.46. The topological polar surface area (TPSA) is 79.4 Å². The lowest BCUT2D eigenvalue weighted by Gasteiger charge is -2.33. The van der Waals surface area contributed by atoms with E-state index in [0.717, 1.165) is 37.0 Å². The minimum absolute atomic E-state index is 0.0591. The van der Waals surface area contributed by atoms with Crippen LogP contribution in [0.5, 0.6) is 11.5 Å². The Bertz CT molecular complexity index is 1690. The summed E-state index contributed by atoms with van der Waals surface area (Å²) in [6, 6.07) is 19.7. The highest BCUT2D eigenvalue weighted by Gasteiger charge is 2.34. The zero-order valence-electron chi connectivity index (χ0n) is 24.1. The van der Waals surface area contributed by atoms with Crippen molar-refractivity contribution >= 4 is 39.9 Å². The van der Waals surface area contributed by atoms with Crippen LogP contribution in [0.1, 0.15) is 50.3 Å². The largest absolute Gasteiger partial charge is 0.497 e. The summed E-state index contributed by atoms with van der Waals surface area (Å²) in [4.78, 5) is 46.3. The molecule has 9 heteroatoms. The number of methoxy groups -OCH3 is 2. The number of rotatable bonds is 8. The third-order valence-corrected chi connectivity index (χ3v) is 8.18. The summed E-state index contributed by atoms with van der Waals surface area (Å²) < 4.78 is 25.0. The first-order chi connectivity index (χ1) is 20.9. The van der Waals surface area contributed by atoms with E-state index in [2.05, 4.69) is 4.90 Å². The van der Waals surface area contributed by atoms with Crippen molar-refractivity contribution in [2.45, 2.75) is 19.3 Å². The van der Waals surface area contributed by atoms with Crippen LogP contribution in [0.15, 0.2) is 72.8 Å². The van der Waals surface area contributed by atoms with Crippen molar-refractivity contribution in [1.29, 1.82) is 0 Å². The van der Waals surface area contributed by atoms with Crippen LogP contribution in [-0.4, -0.2) is 63.0 Å². The van der Waals surface area contributed by atoms with Gasteiger partial charge in [-0.1, -0.05) is 18.2 Å². The third-order valence-electron chi connectivity index (χ3n) is 8.18. The van der Waals surface area contributed by atoms with Crippen LogP contribution in [0.3, 0.4) is 0 Å². The Labute approximate surface area is 249 Å². The van der Waals surface area contributed by atoms with Crippen LogP contribution < -0.4 is 19.3 Å². The van der Waals surface area contributed by atoms with Gasteiger partial charge in [0.1, 0.15) is 17.3 Å². The summed E-state index contributed by atoms with van der Waals surface area (Å²) in [5, 5.41) is 1.56. The van der Waals surface area contributed by atoms with E-state index in [9.17, 15) is 18.8 Å². The van der Waals surface area contributed by atoms with Crippen LogP contribution in [0.4, 0.5) is 15.8 Å². The number of halogens is 1. The Hall–Kier alpha value is -4.92. The van der Waals surface area contributed by atoms with Gasteiger partial charge in [-0.05, 0) is 67.8 Å². The fourth-order valence-electron chi connectivity index (χ4n) is 6.02. The average molecular weight is 582 g/mol. The Morgan fingerprint density at radius 1 is 0.837 bits per heavy atom. The number of anilines is 2. The number of carbonyl (C=O) groups is 3. The normalized spacial score (nSPS) is 14.7. The highest BCUT2D eigenvalue weighted by atomic mass is 19.1. The lowest BCUT2D eigenvalue weighted by atomic mass is 9.92. The van der Waals surface area contributed by atoms with E-state index < -0.39 is 23.5 Å². The summed E-state index contributed by atoms with van der Waals surface area (Å²) in [5.74, 6) is -1.00. The van der Waals surface area contributed by atoms with Crippen molar-refractivity contribution in [3.63, 3.8) is 0 Å². The van der Waals surface area contributed by atoms with Crippen LogP contribution in [0, 0.1) is 5.82 Å². The average Bonchev–Trinajstić information content (AvgIpc) is 3.04. The second-order valence-electron chi connectivity index (χ2n) is 10.7. The molecule has 0 N–H and O–H groups in total. The standard InChI is InChI=1S/C34H32FN3O5/c1-42-25-18-22(19-26(21-25)43-2)32(39)37(24-9-6-8-23(35)20-24)16-17-38-33(40)28-11-7-10-27-30(36-14-4-3-5-15-36)13-12-29(31(27)28)34(38)41/h6-13,18-21H,3-5,14-17H2,1-2H3. The maximum absolute atomic E-state index is 14.3. The Balaban J connectivity index is 1.33. The van der Waals surface area contributed by atoms with Crippen molar-refractivity contribution in [2.24, 2.45) is 0 Å². The Kier molecular flexibility index (Phi) is 7.71. The zero-order valence-corrected chi connectivity index (χ0v) is 24.1. The summed E-state index contributed by atoms with van der Waals surface area (Å²) in [7, 11) is 2.96. The molecule has 8 nitrogen and oxygen atoms in total. The monoisotopic (exact) mass is 581 g/mol. The number of nitrogens with zero attached hydrogens (tertiary/aromatic N) is 3. The first kappa shape index (κ1) is 28.2. The number of hydrogen-bond donors (Lipinski definition) is 0. The number of hydrogen-bond acceptors (Lipinski definition) is 6. The van der Waals surface area contributed by atoms with Gasteiger partial charge < -0.3 is 19.3 Å². The molecule has 0 radical (unpaired) electrons. The summed E-state index contributed by atoms with van der Waals surface area (Å²) >= 11 is 0. The summed E-state index contributed by atoms with van der Waals surface area (Å²) in [6.45, 7) is 1.73. The molecule has 43 heavy (non-hydrogen) atoms. The van der Waals surface area contributed by atoms with Crippen molar-refractivity contribution < 1.29 is 28.2 Å². The molecule has 0 unspecified atom stereocenters. The van der Waals surface area contributed by atoms with Gasteiger partial charge in [0.2, 0.25) is 0 Å². The van der Waals surface area contributed by atoms with Gasteiger partial charge in [0.25, 0.3) is 17.7 Å². The molecule has 0 aliphatic carbocycles. The van der Waals surface area contributed by atoms with Gasteiger partial charge in [0.15, 0.2) is 0 Å². The van der Waals surface area contributed by atoms with Crippen molar-refractivity contribution in [2.75, 3.05) is 50.2 Å². The Morgan fingerprint density at radius 3 is 2.19 bits per heavy atom. The molecular weight excluding hydrogens is 549 g/mol. The van der Waals surface area contributed by atoms with Crippen LogP contribution >= 0.6 is 0 Å². The molecule has 3 amide bonds. The Morgan fingerprint density at radius 2 is 1.51 bits per heavy atom. The molecule has 2 heterocycles. The van der Waals surface area contributed by atoms with E-state index >= 15 is 0 Å². The molecule has 0 spiro atoms. The molecule has 0 bridgehead atoms. The molecule has 2 aliphatic rings. The van der Waals surface area contributed by atoms with Gasteiger partial charge >= 0.3 is 0 Å². The van der Waals surface area contributed by atoms with Crippen LogP contribution in [0.25, 0.3) is 10.8 Å². The van der Waals surface area contributed by atoms with Gasteiger partial charge in [-0.15, -0.1) is 0 Å². The number of benzene rings is 4. The molecule has 2 aliphatic heterocycles. The second-order valence-corrected chi connectivity index (χ2v) is 10.7. The molecule has 1 saturated heterocycles. The molecular formula is C34H32FN3O5. The van der Waals surface area contributed by atoms with E-state index in [1.165, 1.54) is 48.6 Å². The fourth-order valence-corrected chi connectivity index (χ4v) is 6.02. The molecule has 0 aromatic heterocycles. The van der Waals surface area contributed by atoms with E-state index in [4.69, 9.17) is 9.47 Å². The van der Waals surface area contributed by atoms with E-state index in [-0.39, 0.29) is 24.3 Å². The van der Waals surface area contributed by atoms with Gasteiger partial charge in [-0.3, -0.25) is 19.3 Å². The zero-order chi connectivity index (χ0) is 30.1. The van der Waals surface area contributed by atoms with Crippen molar-refractivity contribution in [3.05, 3.63) is 95.3 Å². The van der Waals surface area contributed by atoms with Gasteiger partial charge in [-0.2, -0.15) is 0 Å². The van der Waals surface area contributed by atoms with Crippen LogP contribution in [0.2, 0.25) is 0 Å². The van der Waals surface area contributed by atoms with Crippen molar-refractivity contribution in [3.8, 4) is 11.5 Å². The lowest BCUT2D eigenvalue weighted by molar-refractivity contribution is 0.0611. The van der Waals surface area contributed by atoms with E-state index in [1.807, 2.05) is 18.2 Å². The number of carbonyl (C=O) groups excluding carboxylic acids is 3. The first-order valence-electron chi connectivity index (χ1n) is 14.4. The van der Waals surface area contributed by atoms with Gasteiger partial charge in [-0.25, -0.2) is 4.39 Å². The minimum Gasteiger partial charge on any atom is -0.497 e. The van der Waals surface area contributed by atoms with Crippen molar-refractivity contribution in [1.82, 2.24) is 4.90 Å². The second kappa shape index (κ2) is 11.8. The summed E-state index contributed by atoms with van der Waals surface area (Å²) in [6.07, 6.45) is 3.42. The molecule has 1 fully saturated rings. The predicted octanol–water partition coefficient (Wildman–Crippen LogP) is 5.93. The molecule has 6 rings (SSSR count). The first-order valence-corrected chi connectivity index (χ1v) is 14.4. The highest BCUT2D eigenvalue weighted by molar-refractivity contribution is 6.26. The van der Waals surface area contributed by atoms with E-state index in [1.54, 1.807) is 36.4 Å². The number of imide groups is 1. The van der Waals surface area contributed by atoms with Gasteiger partial charge in [0, 0.05) is 71.1 Å². The molecule has 220 valence electrons. The third kappa shape index (κ3) is 5.27. The molecule has 0 saturated carbocycles. The van der Waals surface area contributed by atoms with E-state index in [0.29, 0.717) is 28.0 Å². The molecule has 4 aromatic rings. The maximum atomic E-state index is 14.3. The molecule has 0 atom stereocenters. The maximum Gasteiger partial charge on any atom is 0.261 e. The van der Waals surface area contributed by atoms with Gasteiger partial charge in [0.05, 0.1) is 14.2 Å². The highest BCUT2D eigenvalue weighted by Crippen LogP contribution is 2.37. The quantitative estimate of drug-likeness (QED) is 0.240. The minimum atomic E-state index is -0.520. The number of amides is 3. The number of piperidine rings is 1. The predicted molar refractivity (Wildman–Crippen MR) is 163 cm³/mol.